The summed E-state index contributed by atoms with van der Waals surface area (Å²) in [6.07, 6.45) is 1.39. The number of nitrogen functional groups attached to an aromatic ring is 1. The van der Waals surface area contributed by atoms with Gasteiger partial charge in [0.2, 0.25) is 0 Å². The van der Waals surface area contributed by atoms with Crippen LogP contribution < -0.4 is 22.5 Å². The summed E-state index contributed by atoms with van der Waals surface area (Å²) >= 11 is 0. The summed E-state index contributed by atoms with van der Waals surface area (Å²) in [5, 5.41) is 0. The van der Waals surface area contributed by atoms with E-state index >= 15 is 0 Å². The van der Waals surface area contributed by atoms with E-state index in [0.717, 1.165) is 4.57 Å². The maximum absolute atomic E-state index is 11.9. The predicted octanol–water partition coefficient (Wildman–Crippen LogP) is -0.900. The van der Waals surface area contributed by atoms with Crippen LogP contribution in [0.15, 0.2) is 32.3 Å². The molecule has 0 saturated carbocycles. The second kappa shape index (κ2) is 5.17. The average Bonchev–Trinajstić information content (AvgIpc) is 2.79. The number of hydrogen-bond donors (Lipinski definition) is 2. The van der Waals surface area contributed by atoms with Crippen LogP contribution in [-0.4, -0.2) is 15.0 Å². The molecule has 2 heterocycles. The lowest BCUT2D eigenvalue weighted by atomic mass is 10.2. The third-order valence-electron chi connectivity index (χ3n) is 2.90. The number of carbonyl (C=O) groups excluding carboxylic acids is 1. The molecule has 2 aromatic rings. The van der Waals surface area contributed by atoms with Crippen LogP contribution in [0, 0.1) is 6.92 Å². The summed E-state index contributed by atoms with van der Waals surface area (Å²) in [5.41, 5.74) is 1.37. The van der Waals surface area contributed by atoms with Gasteiger partial charge in [-0.05, 0) is 13.0 Å². The second-order valence-corrected chi connectivity index (χ2v) is 4.29. The molecule has 2 aromatic heterocycles. The summed E-state index contributed by atoms with van der Waals surface area (Å²) in [6, 6.07) is 2.74. The van der Waals surface area contributed by atoms with Crippen LogP contribution >= 0.6 is 0 Å². The molecule has 0 saturated heterocycles. The number of aryl methyl sites for hydroxylation is 2. The first-order valence-corrected chi connectivity index (χ1v) is 5.80. The van der Waals surface area contributed by atoms with Crippen LogP contribution in [0.2, 0.25) is 0 Å². The Morgan fingerprint density at radius 3 is 2.80 bits per heavy atom. The number of nitrogens with zero attached hydrogens (tertiary/aromatic N) is 2. The number of amides is 1. The van der Waals surface area contributed by atoms with Crippen molar-refractivity contribution in [2.75, 3.05) is 0 Å². The van der Waals surface area contributed by atoms with Gasteiger partial charge < -0.3 is 8.98 Å². The number of nitrogens with two attached hydrogens (primary N) is 1. The molecule has 0 spiro atoms. The van der Waals surface area contributed by atoms with Crippen molar-refractivity contribution in [1.29, 1.82) is 0 Å². The average molecular weight is 278 g/mol. The van der Waals surface area contributed by atoms with Gasteiger partial charge in [-0.1, -0.05) is 0 Å². The summed E-state index contributed by atoms with van der Waals surface area (Å²) in [7, 11) is 1.54. The fraction of sp³-hybridized carbons (Fsp3) is 0.250. The third-order valence-corrected chi connectivity index (χ3v) is 2.90. The van der Waals surface area contributed by atoms with Crippen molar-refractivity contribution in [3.63, 3.8) is 0 Å². The molecule has 20 heavy (non-hydrogen) atoms. The monoisotopic (exact) mass is 278 g/mol. The van der Waals surface area contributed by atoms with Crippen LogP contribution in [0.1, 0.15) is 21.9 Å². The van der Waals surface area contributed by atoms with Crippen molar-refractivity contribution in [3.05, 3.63) is 56.3 Å². The predicted molar refractivity (Wildman–Crippen MR) is 70.1 cm³/mol. The first kappa shape index (κ1) is 13.8. The summed E-state index contributed by atoms with van der Waals surface area (Å²) in [6.45, 7) is 1.55. The fourth-order valence-electron chi connectivity index (χ4n) is 1.84. The lowest BCUT2D eigenvalue weighted by molar-refractivity contribution is 0.0952. The number of hydrogen-bond acceptors (Lipinski definition) is 5. The van der Waals surface area contributed by atoms with Crippen molar-refractivity contribution < 1.29 is 9.21 Å². The van der Waals surface area contributed by atoms with Crippen LogP contribution in [0.25, 0.3) is 0 Å². The van der Waals surface area contributed by atoms with Gasteiger partial charge in [-0.3, -0.25) is 19.6 Å². The van der Waals surface area contributed by atoms with E-state index in [2.05, 4.69) is 0 Å². The highest BCUT2D eigenvalue weighted by molar-refractivity contribution is 5.94. The van der Waals surface area contributed by atoms with Crippen LogP contribution in [-0.2, 0) is 13.6 Å². The number of furan rings is 1. The summed E-state index contributed by atoms with van der Waals surface area (Å²) in [5.74, 6) is 5.25. The maximum Gasteiger partial charge on any atom is 0.331 e. The minimum atomic E-state index is -0.495. The van der Waals surface area contributed by atoms with Gasteiger partial charge in [-0.15, -0.1) is 0 Å². The largest absolute Gasteiger partial charge is 0.464 e. The SMILES string of the molecule is Cc1oc(Cn2c(=O)ccn(C)c2=O)cc1C(=O)NN. The van der Waals surface area contributed by atoms with Gasteiger partial charge in [0.1, 0.15) is 11.5 Å². The molecule has 1 amide bonds. The molecule has 0 bridgehead atoms. The molecular formula is C12H14N4O4. The second-order valence-electron chi connectivity index (χ2n) is 4.29. The van der Waals surface area contributed by atoms with Crippen molar-refractivity contribution >= 4 is 5.91 Å². The Kier molecular flexibility index (Phi) is 3.57. The number of nitrogens with one attached hydrogen (secondary N) is 1. The molecule has 0 aliphatic heterocycles. The van der Waals surface area contributed by atoms with Gasteiger partial charge in [-0.2, -0.15) is 0 Å². The van der Waals surface area contributed by atoms with E-state index in [-0.39, 0.29) is 12.1 Å². The molecule has 0 fully saturated rings. The molecular weight excluding hydrogens is 264 g/mol. The molecule has 2 rings (SSSR count). The Morgan fingerprint density at radius 2 is 2.15 bits per heavy atom. The lowest BCUT2D eigenvalue weighted by Crippen LogP contribution is -2.38. The zero-order chi connectivity index (χ0) is 14.9. The van der Waals surface area contributed by atoms with Gasteiger partial charge in [0, 0.05) is 19.3 Å². The standard InChI is InChI=1S/C12H14N4O4/c1-7-9(11(18)14-13)5-8(20-7)6-16-10(17)3-4-15(2)12(16)19/h3-5H,6,13H2,1-2H3,(H,14,18). The van der Waals surface area contributed by atoms with Crippen molar-refractivity contribution in [2.45, 2.75) is 13.5 Å². The minimum Gasteiger partial charge on any atom is -0.464 e. The smallest absolute Gasteiger partial charge is 0.331 e. The minimum absolute atomic E-state index is 0.0506. The Bertz CT molecular complexity index is 768. The molecule has 0 aromatic carbocycles. The van der Waals surface area contributed by atoms with E-state index in [1.807, 2.05) is 5.43 Å². The van der Waals surface area contributed by atoms with Crippen LogP contribution in [0.3, 0.4) is 0 Å². The van der Waals surface area contributed by atoms with Gasteiger partial charge in [-0.25, -0.2) is 10.6 Å². The van der Waals surface area contributed by atoms with E-state index < -0.39 is 17.2 Å². The number of hydrazine groups is 1. The number of rotatable bonds is 3. The highest BCUT2D eigenvalue weighted by Gasteiger charge is 2.15. The molecule has 8 nitrogen and oxygen atoms in total. The van der Waals surface area contributed by atoms with E-state index in [1.54, 1.807) is 14.0 Å². The highest BCUT2D eigenvalue weighted by atomic mass is 16.3. The van der Waals surface area contributed by atoms with Crippen LogP contribution in [0.5, 0.6) is 0 Å². The van der Waals surface area contributed by atoms with Crippen molar-refractivity contribution in [1.82, 2.24) is 14.6 Å². The molecule has 0 atom stereocenters. The van der Waals surface area contributed by atoms with Gasteiger partial charge >= 0.3 is 5.69 Å². The Labute approximate surface area is 113 Å². The fourth-order valence-corrected chi connectivity index (χ4v) is 1.84. The maximum atomic E-state index is 11.9. The van der Waals surface area contributed by atoms with E-state index in [9.17, 15) is 14.4 Å². The first-order valence-electron chi connectivity index (χ1n) is 5.80. The molecule has 8 heteroatoms. The normalized spacial score (nSPS) is 10.6. The van der Waals surface area contributed by atoms with Crippen LogP contribution in [0.4, 0.5) is 0 Å². The zero-order valence-electron chi connectivity index (χ0n) is 11.0. The molecule has 106 valence electrons. The molecule has 0 unspecified atom stereocenters. The number of aromatic nitrogens is 2. The van der Waals surface area contributed by atoms with Gasteiger partial charge in [0.25, 0.3) is 11.5 Å². The Morgan fingerprint density at radius 1 is 1.45 bits per heavy atom. The first-order chi connectivity index (χ1) is 9.43. The number of carbonyl (C=O) groups is 1. The lowest BCUT2D eigenvalue weighted by Gasteiger charge is -2.03. The molecule has 0 radical (unpaired) electrons. The summed E-state index contributed by atoms with van der Waals surface area (Å²) in [4.78, 5) is 35.0. The molecule has 0 aliphatic rings. The third kappa shape index (κ3) is 2.41. The van der Waals surface area contributed by atoms with Crippen molar-refractivity contribution in [2.24, 2.45) is 12.9 Å². The Balaban J connectivity index is 2.42. The molecule has 3 N–H and O–H groups in total. The van der Waals surface area contributed by atoms with Gasteiger partial charge in [0.15, 0.2) is 0 Å². The van der Waals surface area contributed by atoms with Crippen molar-refractivity contribution in [3.8, 4) is 0 Å². The quantitative estimate of drug-likeness (QED) is 0.429. The Hall–Kier alpha value is -2.61. The van der Waals surface area contributed by atoms with Gasteiger partial charge in [0.05, 0.1) is 12.1 Å². The van der Waals surface area contributed by atoms with E-state index in [0.29, 0.717) is 11.5 Å². The van der Waals surface area contributed by atoms with E-state index in [4.69, 9.17) is 10.3 Å². The topological polar surface area (TPSA) is 112 Å². The zero-order valence-corrected chi connectivity index (χ0v) is 11.0. The van der Waals surface area contributed by atoms with E-state index in [1.165, 1.54) is 22.9 Å². The highest BCUT2D eigenvalue weighted by Crippen LogP contribution is 2.14. The molecule has 0 aliphatic carbocycles. The summed E-state index contributed by atoms with van der Waals surface area (Å²) < 4.78 is 7.67.